The van der Waals surface area contributed by atoms with Gasteiger partial charge in [-0.1, -0.05) is 24.3 Å². The van der Waals surface area contributed by atoms with E-state index in [1.165, 1.54) is 0 Å². The Hall–Kier alpha value is -2.43. The van der Waals surface area contributed by atoms with E-state index in [1.807, 2.05) is 31.2 Å². The molecular formula is C14H16N4O. The van der Waals surface area contributed by atoms with Crippen LogP contribution in [0.3, 0.4) is 0 Å². The van der Waals surface area contributed by atoms with Gasteiger partial charge in [0.05, 0.1) is 17.0 Å². The fraction of sp³-hybridized carbons (Fsp3) is 0.214. The molecule has 1 heterocycles. The maximum absolute atomic E-state index is 11.5. The number of primary amides is 1. The van der Waals surface area contributed by atoms with Gasteiger partial charge in [0.25, 0.3) is 5.91 Å². The summed E-state index contributed by atoms with van der Waals surface area (Å²) in [5.41, 5.74) is 14.7. The average Bonchev–Trinajstić information content (AvgIpc) is 2.30. The molecule has 1 amide bonds. The van der Waals surface area contributed by atoms with E-state index in [-0.39, 0.29) is 5.95 Å². The number of carbonyl (C=O) groups is 1. The van der Waals surface area contributed by atoms with E-state index in [2.05, 4.69) is 9.97 Å². The maximum Gasteiger partial charge on any atom is 0.252 e. The Labute approximate surface area is 111 Å². The fourth-order valence-corrected chi connectivity index (χ4v) is 2.09. The molecule has 0 aliphatic rings. The van der Waals surface area contributed by atoms with Gasteiger partial charge in [0.1, 0.15) is 0 Å². The Morgan fingerprint density at radius 2 is 1.89 bits per heavy atom. The van der Waals surface area contributed by atoms with Crippen molar-refractivity contribution in [3.63, 3.8) is 0 Å². The van der Waals surface area contributed by atoms with Gasteiger partial charge in [0.15, 0.2) is 0 Å². The van der Waals surface area contributed by atoms with Gasteiger partial charge in [-0.05, 0) is 25.0 Å². The highest BCUT2D eigenvalue weighted by Crippen LogP contribution is 2.18. The highest BCUT2D eigenvalue weighted by Gasteiger charge is 2.16. The number of nitrogens with zero attached hydrogens (tertiary/aromatic N) is 2. The molecule has 19 heavy (non-hydrogen) atoms. The van der Waals surface area contributed by atoms with Gasteiger partial charge in [-0.15, -0.1) is 0 Å². The Morgan fingerprint density at radius 3 is 2.53 bits per heavy atom. The number of aromatic nitrogens is 2. The van der Waals surface area contributed by atoms with Crippen molar-refractivity contribution in [1.82, 2.24) is 9.97 Å². The highest BCUT2D eigenvalue weighted by atomic mass is 16.1. The summed E-state index contributed by atoms with van der Waals surface area (Å²) in [5.74, 6) is -0.368. The van der Waals surface area contributed by atoms with Crippen molar-refractivity contribution in [3.8, 4) is 0 Å². The van der Waals surface area contributed by atoms with Crippen LogP contribution in [0.25, 0.3) is 0 Å². The molecule has 1 aromatic heterocycles. The minimum atomic E-state index is -0.527. The lowest BCUT2D eigenvalue weighted by molar-refractivity contribution is 0.0998. The van der Waals surface area contributed by atoms with Crippen molar-refractivity contribution >= 4 is 11.9 Å². The second-order valence-electron chi connectivity index (χ2n) is 4.46. The lowest BCUT2D eigenvalue weighted by Gasteiger charge is -2.10. The number of benzene rings is 1. The monoisotopic (exact) mass is 256 g/mol. The quantitative estimate of drug-likeness (QED) is 0.866. The first-order valence-electron chi connectivity index (χ1n) is 5.96. The topological polar surface area (TPSA) is 94.9 Å². The Kier molecular flexibility index (Phi) is 3.46. The first kappa shape index (κ1) is 13.0. The van der Waals surface area contributed by atoms with Crippen LogP contribution in [0.4, 0.5) is 5.95 Å². The van der Waals surface area contributed by atoms with Crippen LogP contribution in [0.1, 0.15) is 32.9 Å². The molecule has 0 saturated heterocycles. The molecule has 2 rings (SSSR count). The Bertz CT molecular complexity index is 637. The van der Waals surface area contributed by atoms with Crippen molar-refractivity contribution in [2.45, 2.75) is 20.3 Å². The SMILES string of the molecule is Cc1ccccc1Cc1nc(N)nc(C)c1C(N)=O. The molecule has 0 atom stereocenters. The van der Waals surface area contributed by atoms with Crippen molar-refractivity contribution in [1.29, 1.82) is 0 Å². The third kappa shape index (κ3) is 2.70. The molecule has 5 heteroatoms. The minimum absolute atomic E-state index is 0.158. The number of nitrogen functional groups attached to an aromatic ring is 1. The molecule has 1 aromatic carbocycles. The van der Waals surface area contributed by atoms with E-state index in [1.54, 1.807) is 6.92 Å². The fourth-order valence-electron chi connectivity index (χ4n) is 2.09. The van der Waals surface area contributed by atoms with Gasteiger partial charge < -0.3 is 11.5 Å². The van der Waals surface area contributed by atoms with Crippen LogP contribution in [0.2, 0.25) is 0 Å². The molecule has 0 radical (unpaired) electrons. The molecular weight excluding hydrogens is 240 g/mol. The number of anilines is 1. The molecule has 0 unspecified atom stereocenters. The Morgan fingerprint density at radius 1 is 1.21 bits per heavy atom. The third-order valence-corrected chi connectivity index (χ3v) is 3.05. The number of nitrogens with two attached hydrogens (primary N) is 2. The average molecular weight is 256 g/mol. The van der Waals surface area contributed by atoms with E-state index < -0.39 is 5.91 Å². The summed E-state index contributed by atoms with van der Waals surface area (Å²) in [7, 11) is 0. The summed E-state index contributed by atoms with van der Waals surface area (Å²) in [6, 6.07) is 7.92. The largest absolute Gasteiger partial charge is 0.368 e. The summed E-state index contributed by atoms with van der Waals surface area (Å²) >= 11 is 0. The lowest BCUT2D eigenvalue weighted by Crippen LogP contribution is -2.19. The van der Waals surface area contributed by atoms with Gasteiger partial charge in [-0.2, -0.15) is 0 Å². The van der Waals surface area contributed by atoms with Crippen molar-refractivity contribution in [2.75, 3.05) is 5.73 Å². The first-order chi connectivity index (χ1) is 8.99. The molecule has 4 N–H and O–H groups in total. The summed E-state index contributed by atoms with van der Waals surface area (Å²) < 4.78 is 0. The number of hydrogen-bond donors (Lipinski definition) is 2. The molecule has 0 aliphatic carbocycles. The summed E-state index contributed by atoms with van der Waals surface area (Å²) in [4.78, 5) is 19.7. The second-order valence-corrected chi connectivity index (χ2v) is 4.46. The van der Waals surface area contributed by atoms with Crippen molar-refractivity contribution < 1.29 is 4.79 Å². The van der Waals surface area contributed by atoms with Crippen LogP contribution in [-0.2, 0) is 6.42 Å². The van der Waals surface area contributed by atoms with E-state index >= 15 is 0 Å². The van der Waals surface area contributed by atoms with Crippen LogP contribution in [-0.4, -0.2) is 15.9 Å². The highest BCUT2D eigenvalue weighted by molar-refractivity contribution is 5.95. The van der Waals surface area contributed by atoms with E-state index in [9.17, 15) is 4.79 Å². The molecule has 2 aromatic rings. The molecule has 0 saturated carbocycles. The van der Waals surface area contributed by atoms with Crippen molar-refractivity contribution in [2.24, 2.45) is 5.73 Å². The molecule has 0 fully saturated rings. The molecule has 98 valence electrons. The second kappa shape index (κ2) is 5.06. The number of aryl methyl sites for hydroxylation is 2. The van der Waals surface area contributed by atoms with Crippen LogP contribution < -0.4 is 11.5 Å². The van der Waals surface area contributed by atoms with Crippen LogP contribution >= 0.6 is 0 Å². The zero-order chi connectivity index (χ0) is 14.0. The van der Waals surface area contributed by atoms with Crippen LogP contribution in [0, 0.1) is 13.8 Å². The summed E-state index contributed by atoms with van der Waals surface area (Å²) in [5, 5.41) is 0. The van der Waals surface area contributed by atoms with E-state index in [0.717, 1.165) is 11.1 Å². The van der Waals surface area contributed by atoms with Gasteiger partial charge in [-0.3, -0.25) is 4.79 Å². The number of carbonyl (C=O) groups excluding carboxylic acids is 1. The van der Waals surface area contributed by atoms with Crippen LogP contribution in [0.15, 0.2) is 24.3 Å². The van der Waals surface area contributed by atoms with E-state index in [0.29, 0.717) is 23.4 Å². The van der Waals surface area contributed by atoms with Crippen molar-refractivity contribution in [3.05, 3.63) is 52.3 Å². The number of rotatable bonds is 3. The normalized spacial score (nSPS) is 10.4. The predicted octanol–water partition coefficient (Wildman–Crippen LogP) is 1.37. The number of amides is 1. The van der Waals surface area contributed by atoms with Crippen LogP contribution in [0.5, 0.6) is 0 Å². The third-order valence-electron chi connectivity index (χ3n) is 3.05. The zero-order valence-electron chi connectivity index (χ0n) is 11.0. The van der Waals surface area contributed by atoms with Gasteiger partial charge in [0.2, 0.25) is 5.95 Å². The summed E-state index contributed by atoms with van der Waals surface area (Å²) in [6.45, 7) is 3.72. The minimum Gasteiger partial charge on any atom is -0.368 e. The van der Waals surface area contributed by atoms with Gasteiger partial charge in [-0.25, -0.2) is 9.97 Å². The maximum atomic E-state index is 11.5. The summed E-state index contributed by atoms with van der Waals surface area (Å²) in [6.07, 6.45) is 0.512. The molecule has 0 aliphatic heterocycles. The number of hydrogen-bond acceptors (Lipinski definition) is 4. The van der Waals surface area contributed by atoms with Gasteiger partial charge in [0, 0.05) is 6.42 Å². The molecule has 5 nitrogen and oxygen atoms in total. The molecule has 0 spiro atoms. The smallest absolute Gasteiger partial charge is 0.252 e. The zero-order valence-corrected chi connectivity index (χ0v) is 11.0. The Balaban J connectivity index is 2.51. The standard InChI is InChI=1S/C14H16N4O/c1-8-5-3-4-6-10(8)7-11-12(13(15)19)9(2)17-14(16)18-11/h3-6H,7H2,1-2H3,(H2,15,19)(H2,16,17,18). The molecule has 0 bridgehead atoms. The first-order valence-corrected chi connectivity index (χ1v) is 5.96. The van der Waals surface area contributed by atoms with Gasteiger partial charge >= 0.3 is 0 Å². The van der Waals surface area contributed by atoms with E-state index in [4.69, 9.17) is 11.5 Å². The lowest BCUT2D eigenvalue weighted by atomic mass is 10.0. The predicted molar refractivity (Wildman–Crippen MR) is 73.7 cm³/mol.